The van der Waals surface area contributed by atoms with Crippen molar-refractivity contribution < 1.29 is 33.4 Å². The fourth-order valence-corrected chi connectivity index (χ4v) is 3.01. The van der Waals surface area contributed by atoms with Crippen molar-refractivity contribution in [1.82, 2.24) is 10.2 Å². The van der Waals surface area contributed by atoms with Crippen molar-refractivity contribution in [3.05, 3.63) is 82.6 Å². The van der Waals surface area contributed by atoms with Crippen LogP contribution in [0.3, 0.4) is 0 Å². The van der Waals surface area contributed by atoms with Crippen LogP contribution in [0.5, 0.6) is 0 Å². The predicted octanol–water partition coefficient (Wildman–Crippen LogP) is 1.18. The maximum absolute atomic E-state index is 12.1. The van der Waals surface area contributed by atoms with E-state index in [1.54, 1.807) is 48.5 Å². The Kier molecular flexibility index (Phi) is 9.05. The summed E-state index contributed by atoms with van der Waals surface area (Å²) in [5.74, 6) is -1.85. The Morgan fingerprint density at radius 2 is 1.25 bits per heavy atom. The number of benzene rings is 2. The molecule has 9 nitrogen and oxygen atoms in total. The zero-order valence-corrected chi connectivity index (χ0v) is 20.8. The minimum Gasteiger partial charge on any atom is -0.499 e. The number of fused-ring (bicyclic) bond motifs is 2. The van der Waals surface area contributed by atoms with Crippen molar-refractivity contribution in [3.8, 4) is 0 Å². The van der Waals surface area contributed by atoms with Gasteiger partial charge in [0.25, 0.3) is 23.6 Å². The molecule has 0 aromatic heterocycles. The molecule has 4 amide bonds. The number of carbonyl (C=O) groups excluding carboxylic acids is 5. The number of ether oxygens (including phenoxy) is 2. The summed E-state index contributed by atoms with van der Waals surface area (Å²) in [6.45, 7) is -0.113. The Labute approximate surface area is 226 Å². The van der Waals surface area contributed by atoms with Gasteiger partial charge < -0.3 is 9.47 Å². The van der Waals surface area contributed by atoms with E-state index in [1.165, 1.54) is 14.2 Å². The van der Waals surface area contributed by atoms with E-state index in [9.17, 15) is 24.0 Å². The molecule has 1 N–H and O–H groups in total. The molecule has 10 heteroatoms. The topological polar surface area (TPSA) is 119 Å². The molecule has 0 fully saturated rings. The molecule has 2 heterocycles. The number of nitrogens with zero attached hydrogens (tertiary/aromatic N) is 1. The predicted molar refractivity (Wildman–Crippen MR) is 113 cm³/mol. The molecule has 0 saturated carbocycles. The molecule has 0 unspecified atom stereocenters. The zero-order valence-electron chi connectivity index (χ0n) is 17.7. The second kappa shape index (κ2) is 11.3. The third kappa shape index (κ3) is 5.40. The largest absolute Gasteiger partial charge is 0.499 e. The quantitative estimate of drug-likeness (QED) is 0.239. The first-order valence-electron chi connectivity index (χ1n) is 9.09. The van der Waals surface area contributed by atoms with Gasteiger partial charge in [0.05, 0.1) is 49.1 Å². The molecule has 4 rings (SSSR count). The van der Waals surface area contributed by atoms with Crippen LogP contribution >= 0.6 is 0 Å². The molecule has 2 aromatic carbocycles. The van der Waals surface area contributed by atoms with Gasteiger partial charge in [-0.1, -0.05) is 24.3 Å². The Balaban J connectivity index is 0.000000255. The summed E-state index contributed by atoms with van der Waals surface area (Å²) >= 11 is 0. The fourth-order valence-electron chi connectivity index (χ4n) is 3.01. The van der Waals surface area contributed by atoms with Crippen LogP contribution in [0.4, 0.5) is 0 Å². The SMILES string of the molecule is COC(=O)/C=C(/CN1C(=O)c2ccccc2C1=O)OC.O=C1NC(=O)c2ccccc21.[K]. The van der Waals surface area contributed by atoms with Gasteiger partial charge in [0.1, 0.15) is 5.76 Å². The molecule has 2 aromatic rings. The molecule has 0 atom stereocenters. The van der Waals surface area contributed by atoms with Crippen LogP contribution in [0.2, 0.25) is 0 Å². The number of carbonyl (C=O) groups is 5. The molecule has 1 radical (unpaired) electrons. The van der Waals surface area contributed by atoms with Crippen LogP contribution in [-0.4, -0.2) is 107 Å². The molecule has 0 bridgehead atoms. The van der Waals surface area contributed by atoms with Crippen molar-refractivity contribution >= 4 is 81.0 Å². The minimum atomic E-state index is -0.613. The van der Waals surface area contributed by atoms with Crippen LogP contribution in [0.25, 0.3) is 0 Å². The zero-order chi connectivity index (χ0) is 22.5. The van der Waals surface area contributed by atoms with Gasteiger partial charge in [-0.2, -0.15) is 0 Å². The van der Waals surface area contributed by atoms with E-state index in [0.29, 0.717) is 22.3 Å². The van der Waals surface area contributed by atoms with Crippen molar-refractivity contribution in [3.63, 3.8) is 0 Å². The summed E-state index contributed by atoms with van der Waals surface area (Å²) in [6, 6.07) is 13.3. The molecule has 2 aliphatic rings. The van der Waals surface area contributed by atoms with Gasteiger partial charge in [-0.25, -0.2) is 4.79 Å². The summed E-state index contributed by atoms with van der Waals surface area (Å²) in [6.07, 6.45) is 1.10. The number of rotatable bonds is 4. The Hall–Kier alpha value is -2.63. The van der Waals surface area contributed by atoms with Gasteiger partial charge >= 0.3 is 5.97 Å². The number of amides is 4. The van der Waals surface area contributed by atoms with Gasteiger partial charge in [0.15, 0.2) is 0 Å². The maximum Gasteiger partial charge on any atom is 0.333 e. The molecule has 159 valence electrons. The Morgan fingerprint density at radius 1 is 0.812 bits per heavy atom. The first kappa shape index (κ1) is 25.6. The first-order valence-corrected chi connectivity index (χ1v) is 9.09. The second-order valence-electron chi connectivity index (χ2n) is 6.41. The van der Waals surface area contributed by atoms with E-state index in [4.69, 9.17) is 4.74 Å². The Morgan fingerprint density at radius 3 is 1.66 bits per heavy atom. The third-order valence-corrected chi connectivity index (χ3v) is 4.58. The van der Waals surface area contributed by atoms with Gasteiger partial charge in [0, 0.05) is 51.4 Å². The van der Waals surface area contributed by atoms with Crippen molar-refractivity contribution in [1.29, 1.82) is 0 Å². The van der Waals surface area contributed by atoms with Crippen molar-refractivity contribution in [2.24, 2.45) is 0 Å². The van der Waals surface area contributed by atoms with Crippen LogP contribution in [0.15, 0.2) is 60.4 Å². The van der Waals surface area contributed by atoms with E-state index in [-0.39, 0.29) is 75.5 Å². The van der Waals surface area contributed by atoms with Crippen LogP contribution in [0, 0.1) is 0 Å². The normalized spacial score (nSPS) is 13.9. The summed E-state index contributed by atoms with van der Waals surface area (Å²) in [7, 11) is 2.58. The van der Waals surface area contributed by atoms with Crippen LogP contribution < -0.4 is 5.32 Å². The summed E-state index contributed by atoms with van der Waals surface area (Å²) in [5, 5.41) is 2.20. The number of esters is 1. The smallest absolute Gasteiger partial charge is 0.333 e. The average Bonchev–Trinajstić information content (AvgIpc) is 3.21. The number of hydrogen-bond donors (Lipinski definition) is 1. The maximum atomic E-state index is 12.1. The molecule has 0 spiro atoms. The molecule has 0 saturated heterocycles. The first-order chi connectivity index (χ1) is 14.9. The monoisotopic (exact) mass is 461 g/mol. The van der Waals surface area contributed by atoms with Crippen LogP contribution in [0.1, 0.15) is 41.4 Å². The molecule has 0 aliphatic carbocycles. The van der Waals surface area contributed by atoms with Crippen molar-refractivity contribution in [2.45, 2.75) is 0 Å². The van der Waals surface area contributed by atoms with Crippen molar-refractivity contribution in [2.75, 3.05) is 20.8 Å². The summed E-state index contributed by atoms with van der Waals surface area (Å²) in [4.78, 5) is 58.3. The molecule has 32 heavy (non-hydrogen) atoms. The number of hydrogen-bond acceptors (Lipinski definition) is 7. The number of nitrogens with one attached hydrogen (secondary N) is 1. The summed E-state index contributed by atoms with van der Waals surface area (Å²) < 4.78 is 9.47. The molecular formula is C22H18KN2O7. The van der Waals surface area contributed by atoms with Gasteiger partial charge in [-0.05, 0) is 24.3 Å². The van der Waals surface area contributed by atoms with E-state index in [0.717, 1.165) is 11.0 Å². The fraction of sp³-hybridized carbons (Fsp3) is 0.136. The average molecular weight is 461 g/mol. The Bertz CT molecular complexity index is 1060. The third-order valence-electron chi connectivity index (χ3n) is 4.58. The van der Waals surface area contributed by atoms with Gasteiger partial charge in [-0.15, -0.1) is 0 Å². The molecule has 2 aliphatic heterocycles. The number of methoxy groups -OCH3 is 2. The van der Waals surface area contributed by atoms with Gasteiger partial charge in [0.2, 0.25) is 0 Å². The summed E-state index contributed by atoms with van der Waals surface area (Å²) in [5.41, 5.74) is 1.65. The van der Waals surface area contributed by atoms with Crippen LogP contribution in [-0.2, 0) is 14.3 Å². The minimum absolute atomic E-state index is 0. The van der Waals surface area contributed by atoms with Gasteiger partial charge in [-0.3, -0.25) is 29.4 Å². The van der Waals surface area contributed by atoms with E-state index in [2.05, 4.69) is 10.1 Å². The number of imide groups is 2. The standard InChI is InChI=1S/C14H13NO5.C8H5NO2.K/c1-19-9(7-12(16)20-2)8-15-13(17)10-5-3-4-6-11(10)14(15)18;10-7-5-3-1-2-4-6(5)8(11)9-7;/h3-7H,8H2,1-2H3;1-4H,(H,9,10,11);/b9-7-;;. The molecular weight excluding hydrogens is 443 g/mol. The van der Waals surface area contributed by atoms with E-state index in [1.807, 2.05) is 0 Å². The van der Waals surface area contributed by atoms with E-state index < -0.39 is 17.8 Å². The van der Waals surface area contributed by atoms with E-state index >= 15 is 0 Å². The second-order valence-corrected chi connectivity index (χ2v) is 6.41.